The van der Waals surface area contributed by atoms with E-state index < -0.39 is 0 Å². The Morgan fingerprint density at radius 2 is 2.00 bits per heavy atom. The Morgan fingerprint density at radius 1 is 1.16 bits per heavy atom. The fourth-order valence-electron chi connectivity index (χ4n) is 4.58. The zero-order chi connectivity index (χ0) is 21.4. The van der Waals surface area contributed by atoms with Crippen molar-refractivity contribution in [2.45, 2.75) is 25.3 Å². The number of fused-ring (bicyclic) bond motifs is 3. The molecule has 4 aromatic rings. The van der Waals surface area contributed by atoms with Gasteiger partial charge in [0.05, 0.1) is 28.4 Å². The highest BCUT2D eigenvalue weighted by atomic mass is 32.1. The SMILES string of the molecule is COCC1CCCCN1C(=O)c1cc(-c2ccccc2)c(=O)n2ccc3ccsc3c12. The van der Waals surface area contributed by atoms with Crippen LogP contribution in [-0.2, 0) is 4.74 Å². The second-order valence-corrected chi connectivity index (χ2v) is 8.90. The molecule has 31 heavy (non-hydrogen) atoms. The van der Waals surface area contributed by atoms with Gasteiger partial charge in [0, 0.05) is 25.4 Å². The van der Waals surface area contributed by atoms with Crippen LogP contribution < -0.4 is 5.56 Å². The van der Waals surface area contributed by atoms with E-state index in [9.17, 15) is 9.59 Å². The van der Waals surface area contributed by atoms with Gasteiger partial charge >= 0.3 is 0 Å². The van der Waals surface area contributed by atoms with E-state index in [4.69, 9.17) is 4.74 Å². The smallest absolute Gasteiger partial charge is 0.263 e. The Hall–Kier alpha value is -2.96. The van der Waals surface area contributed by atoms with Crippen LogP contribution in [0.25, 0.3) is 26.7 Å². The summed E-state index contributed by atoms with van der Waals surface area (Å²) in [6.07, 6.45) is 4.80. The van der Waals surface area contributed by atoms with E-state index in [2.05, 4.69) is 0 Å². The second kappa shape index (κ2) is 8.29. The van der Waals surface area contributed by atoms with Gasteiger partial charge in [-0.3, -0.25) is 14.0 Å². The van der Waals surface area contributed by atoms with Gasteiger partial charge in [-0.2, -0.15) is 0 Å². The molecule has 158 valence electrons. The standard InChI is InChI=1S/C25H24N2O3S/c1-30-16-19-9-5-6-12-26(19)25(29)21-15-20(17-7-3-2-4-8-17)24(28)27-13-10-18-11-14-31-23(18)22(21)27/h2-4,7-8,10-11,13-15,19H,5-6,9,12,16H2,1H3. The van der Waals surface area contributed by atoms with Crippen LogP contribution in [0.5, 0.6) is 0 Å². The van der Waals surface area contributed by atoms with Gasteiger partial charge in [-0.1, -0.05) is 30.3 Å². The van der Waals surface area contributed by atoms with Crippen LogP contribution in [-0.4, -0.2) is 41.5 Å². The quantitative estimate of drug-likeness (QED) is 0.464. The summed E-state index contributed by atoms with van der Waals surface area (Å²) in [4.78, 5) is 29.3. The minimum atomic E-state index is -0.111. The minimum Gasteiger partial charge on any atom is -0.383 e. The fraction of sp³-hybridized carbons (Fsp3) is 0.280. The number of nitrogens with zero attached hydrogens (tertiary/aromatic N) is 2. The van der Waals surface area contributed by atoms with Crippen molar-refractivity contribution in [3.8, 4) is 11.1 Å². The van der Waals surface area contributed by atoms with Crippen LogP contribution in [0.15, 0.2) is 64.9 Å². The number of thiophene rings is 1. The monoisotopic (exact) mass is 432 g/mol. The summed E-state index contributed by atoms with van der Waals surface area (Å²) in [6, 6.07) is 15.4. The molecule has 1 atom stereocenters. The van der Waals surface area contributed by atoms with Crippen molar-refractivity contribution in [1.82, 2.24) is 9.30 Å². The highest BCUT2D eigenvalue weighted by Gasteiger charge is 2.30. The number of aromatic nitrogens is 1. The van der Waals surface area contributed by atoms with Gasteiger partial charge in [-0.05, 0) is 53.8 Å². The molecule has 4 heterocycles. The number of amides is 1. The minimum absolute atomic E-state index is 0.0302. The molecule has 6 heteroatoms. The van der Waals surface area contributed by atoms with E-state index >= 15 is 0 Å². The molecule has 5 nitrogen and oxygen atoms in total. The summed E-state index contributed by atoms with van der Waals surface area (Å²) >= 11 is 1.56. The number of hydrogen-bond donors (Lipinski definition) is 0. The van der Waals surface area contributed by atoms with Crippen molar-refractivity contribution in [2.24, 2.45) is 0 Å². The molecule has 0 bridgehead atoms. The number of rotatable bonds is 4. The summed E-state index contributed by atoms with van der Waals surface area (Å²) < 4.78 is 8.01. The largest absolute Gasteiger partial charge is 0.383 e. The van der Waals surface area contributed by atoms with Crippen LogP contribution in [0, 0.1) is 0 Å². The van der Waals surface area contributed by atoms with E-state index in [1.54, 1.807) is 35.1 Å². The van der Waals surface area contributed by atoms with Crippen molar-refractivity contribution < 1.29 is 9.53 Å². The molecular weight excluding hydrogens is 408 g/mol. The van der Waals surface area contributed by atoms with Gasteiger partial charge in [0.2, 0.25) is 0 Å². The Labute approximate surface area is 184 Å². The Bertz CT molecular complexity index is 1310. The van der Waals surface area contributed by atoms with Gasteiger partial charge < -0.3 is 9.64 Å². The third-order valence-electron chi connectivity index (χ3n) is 6.11. The maximum absolute atomic E-state index is 13.9. The predicted octanol–water partition coefficient (Wildman–Crippen LogP) is 4.82. The molecule has 1 aromatic carbocycles. The van der Waals surface area contributed by atoms with E-state index in [-0.39, 0.29) is 17.5 Å². The van der Waals surface area contributed by atoms with E-state index in [0.717, 1.165) is 34.9 Å². The Morgan fingerprint density at radius 3 is 2.81 bits per heavy atom. The second-order valence-electron chi connectivity index (χ2n) is 7.99. The van der Waals surface area contributed by atoms with Crippen LogP contribution >= 0.6 is 11.3 Å². The van der Waals surface area contributed by atoms with Crippen LogP contribution in [0.4, 0.5) is 0 Å². The molecular formula is C25H24N2O3S. The summed E-state index contributed by atoms with van der Waals surface area (Å²) in [5.74, 6) is -0.0302. The zero-order valence-corrected chi connectivity index (χ0v) is 18.2. The molecule has 1 aliphatic heterocycles. The first kappa shape index (κ1) is 20.0. The van der Waals surface area contributed by atoms with E-state index in [0.29, 0.717) is 29.8 Å². The van der Waals surface area contributed by atoms with E-state index in [1.807, 2.05) is 52.7 Å². The van der Waals surface area contributed by atoms with Crippen molar-refractivity contribution in [3.63, 3.8) is 0 Å². The van der Waals surface area contributed by atoms with Crippen molar-refractivity contribution in [3.05, 3.63) is 76.0 Å². The molecule has 0 radical (unpaired) electrons. The molecule has 0 N–H and O–H groups in total. The molecule has 0 aliphatic carbocycles. The molecule has 0 saturated carbocycles. The summed E-state index contributed by atoms with van der Waals surface area (Å²) in [6.45, 7) is 1.23. The first-order chi connectivity index (χ1) is 15.2. The van der Waals surface area contributed by atoms with Gasteiger partial charge in [-0.25, -0.2) is 0 Å². The molecule has 1 unspecified atom stereocenters. The number of benzene rings is 1. The lowest BCUT2D eigenvalue weighted by molar-refractivity contribution is 0.0429. The average Bonchev–Trinajstić information content (AvgIpc) is 3.29. The average molecular weight is 433 g/mol. The molecule has 1 fully saturated rings. The predicted molar refractivity (Wildman–Crippen MR) is 125 cm³/mol. The number of pyridine rings is 2. The Kier molecular flexibility index (Phi) is 5.34. The van der Waals surface area contributed by atoms with Crippen LogP contribution in [0.3, 0.4) is 0 Å². The number of carbonyl (C=O) groups is 1. The molecule has 0 spiro atoms. The zero-order valence-electron chi connectivity index (χ0n) is 17.4. The van der Waals surface area contributed by atoms with Crippen LogP contribution in [0.1, 0.15) is 29.6 Å². The number of piperidine rings is 1. The molecule has 1 aliphatic rings. The third-order valence-corrected chi connectivity index (χ3v) is 7.05. The molecule has 3 aromatic heterocycles. The molecule has 5 rings (SSSR count). The van der Waals surface area contributed by atoms with Gasteiger partial charge in [0.1, 0.15) is 0 Å². The summed E-state index contributed by atoms with van der Waals surface area (Å²) in [5, 5.41) is 3.04. The van der Waals surface area contributed by atoms with E-state index in [1.165, 1.54) is 0 Å². The highest BCUT2D eigenvalue weighted by molar-refractivity contribution is 7.18. The maximum atomic E-state index is 13.9. The lowest BCUT2D eigenvalue weighted by atomic mass is 9.99. The maximum Gasteiger partial charge on any atom is 0.263 e. The third kappa shape index (κ3) is 3.46. The number of likely N-dealkylation sites (tertiary alicyclic amines) is 1. The molecule has 1 saturated heterocycles. The number of carbonyl (C=O) groups excluding carboxylic acids is 1. The van der Waals surface area contributed by atoms with Crippen LogP contribution in [0.2, 0.25) is 0 Å². The van der Waals surface area contributed by atoms with Crippen molar-refractivity contribution in [2.75, 3.05) is 20.3 Å². The highest BCUT2D eigenvalue weighted by Crippen LogP contribution is 2.31. The number of hydrogen-bond acceptors (Lipinski definition) is 4. The van der Waals surface area contributed by atoms with Crippen molar-refractivity contribution >= 4 is 32.8 Å². The summed E-state index contributed by atoms with van der Waals surface area (Å²) in [7, 11) is 1.68. The van der Waals surface area contributed by atoms with Gasteiger partial charge in [0.25, 0.3) is 11.5 Å². The first-order valence-electron chi connectivity index (χ1n) is 10.6. The van der Waals surface area contributed by atoms with Gasteiger partial charge in [0.15, 0.2) is 0 Å². The fourth-order valence-corrected chi connectivity index (χ4v) is 5.53. The lowest BCUT2D eigenvalue weighted by Gasteiger charge is -2.35. The summed E-state index contributed by atoms with van der Waals surface area (Å²) in [5.41, 5.74) is 2.52. The van der Waals surface area contributed by atoms with Crippen molar-refractivity contribution in [1.29, 1.82) is 0 Å². The Balaban J connectivity index is 1.77. The molecule has 1 amide bonds. The number of methoxy groups -OCH3 is 1. The normalized spacial score (nSPS) is 16.8. The lowest BCUT2D eigenvalue weighted by Crippen LogP contribution is -2.46. The van der Waals surface area contributed by atoms with Gasteiger partial charge in [-0.15, -0.1) is 11.3 Å². The number of ether oxygens (including phenoxy) is 1. The topological polar surface area (TPSA) is 51.0 Å². The first-order valence-corrected chi connectivity index (χ1v) is 11.5.